The van der Waals surface area contributed by atoms with Crippen LogP contribution in [0.5, 0.6) is 0 Å². The molecule has 0 bridgehead atoms. The van der Waals surface area contributed by atoms with E-state index < -0.39 is 11.7 Å². The van der Waals surface area contributed by atoms with Crippen LogP contribution in [0.4, 0.5) is 18.9 Å². The third-order valence-corrected chi connectivity index (χ3v) is 2.77. The molecule has 0 aliphatic heterocycles. The lowest BCUT2D eigenvalue weighted by Gasteiger charge is -2.09. The van der Waals surface area contributed by atoms with Gasteiger partial charge in [0.25, 0.3) is 0 Å². The number of aldehydes is 1. The topological polar surface area (TPSA) is 68.9 Å². The summed E-state index contributed by atoms with van der Waals surface area (Å²) >= 11 is 5.78. The van der Waals surface area contributed by atoms with Crippen LogP contribution in [0.3, 0.4) is 0 Å². The Kier molecular flexibility index (Phi) is 3.63. The highest BCUT2D eigenvalue weighted by atomic mass is 35.5. The summed E-state index contributed by atoms with van der Waals surface area (Å²) in [6, 6.07) is 3.58. The van der Waals surface area contributed by atoms with Crippen molar-refractivity contribution in [2.75, 3.05) is 5.73 Å². The van der Waals surface area contributed by atoms with E-state index in [0.717, 1.165) is 6.07 Å². The standard InChI is InChI=1S/C12H7ClF3N3O/c13-7-3-6(12(14,15)16)4-18-11(7)9-2-1-8(17)10(5-20)19-9/h1-5H,17H2. The van der Waals surface area contributed by atoms with Gasteiger partial charge in [0, 0.05) is 6.20 Å². The Hall–Kier alpha value is -2.15. The summed E-state index contributed by atoms with van der Waals surface area (Å²) < 4.78 is 37.5. The molecule has 0 fully saturated rings. The molecule has 2 N–H and O–H groups in total. The summed E-state index contributed by atoms with van der Waals surface area (Å²) in [5.74, 6) is 0. The van der Waals surface area contributed by atoms with Crippen molar-refractivity contribution in [1.82, 2.24) is 9.97 Å². The fourth-order valence-corrected chi connectivity index (χ4v) is 1.76. The smallest absolute Gasteiger partial charge is 0.397 e. The average Bonchev–Trinajstić information content (AvgIpc) is 2.38. The number of nitrogens with two attached hydrogens (primary N) is 1. The first-order chi connectivity index (χ1) is 9.32. The highest BCUT2D eigenvalue weighted by Crippen LogP contribution is 2.33. The monoisotopic (exact) mass is 301 g/mol. The Labute approximate surface area is 116 Å². The molecule has 4 nitrogen and oxygen atoms in total. The van der Waals surface area contributed by atoms with Crippen molar-refractivity contribution in [2.24, 2.45) is 0 Å². The molecule has 104 valence electrons. The van der Waals surface area contributed by atoms with Gasteiger partial charge in [-0.2, -0.15) is 13.2 Å². The highest BCUT2D eigenvalue weighted by molar-refractivity contribution is 6.33. The van der Waals surface area contributed by atoms with Gasteiger partial charge in [-0.1, -0.05) is 11.6 Å². The summed E-state index contributed by atoms with van der Waals surface area (Å²) in [7, 11) is 0. The zero-order valence-corrected chi connectivity index (χ0v) is 10.5. The molecule has 0 saturated carbocycles. The molecule has 0 aliphatic rings. The Balaban J connectivity index is 2.51. The van der Waals surface area contributed by atoms with Crippen LogP contribution in [-0.2, 0) is 6.18 Å². The van der Waals surface area contributed by atoms with Gasteiger partial charge < -0.3 is 5.73 Å². The molecule has 8 heteroatoms. The Morgan fingerprint density at radius 2 is 2.00 bits per heavy atom. The van der Waals surface area contributed by atoms with Crippen molar-refractivity contribution in [1.29, 1.82) is 0 Å². The van der Waals surface area contributed by atoms with Gasteiger partial charge in [-0.3, -0.25) is 9.78 Å². The van der Waals surface area contributed by atoms with Crippen molar-refractivity contribution in [3.05, 3.63) is 40.7 Å². The number of hydrogen-bond donors (Lipinski definition) is 1. The first-order valence-electron chi connectivity index (χ1n) is 5.27. The van der Waals surface area contributed by atoms with Crippen LogP contribution in [0, 0.1) is 0 Å². The molecular formula is C12H7ClF3N3O. The molecule has 20 heavy (non-hydrogen) atoms. The van der Waals surface area contributed by atoms with Crippen molar-refractivity contribution >= 4 is 23.6 Å². The van der Waals surface area contributed by atoms with Crippen LogP contribution in [0.2, 0.25) is 5.02 Å². The van der Waals surface area contributed by atoms with Gasteiger partial charge >= 0.3 is 6.18 Å². The van der Waals surface area contributed by atoms with Crippen LogP contribution < -0.4 is 5.73 Å². The summed E-state index contributed by atoms with van der Waals surface area (Å²) in [6.07, 6.45) is -3.44. The molecule has 0 spiro atoms. The predicted octanol–water partition coefficient (Wildman–Crippen LogP) is 3.21. The molecule has 2 aromatic rings. The normalized spacial score (nSPS) is 11.4. The van der Waals surface area contributed by atoms with Crippen LogP contribution in [0.15, 0.2) is 24.4 Å². The van der Waals surface area contributed by atoms with E-state index in [1.807, 2.05) is 0 Å². The average molecular weight is 302 g/mol. The van der Waals surface area contributed by atoms with Crippen LogP contribution in [-0.4, -0.2) is 16.3 Å². The van der Waals surface area contributed by atoms with E-state index in [-0.39, 0.29) is 27.8 Å². The van der Waals surface area contributed by atoms with Crippen LogP contribution >= 0.6 is 11.6 Å². The zero-order valence-electron chi connectivity index (χ0n) is 9.78. The van der Waals surface area contributed by atoms with Crippen molar-refractivity contribution in [3.63, 3.8) is 0 Å². The lowest BCUT2D eigenvalue weighted by molar-refractivity contribution is -0.137. The number of anilines is 1. The Morgan fingerprint density at radius 3 is 2.55 bits per heavy atom. The van der Waals surface area contributed by atoms with Crippen molar-refractivity contribution in [3.8, 4) is 11.4 Å². The molecule has 0 amide bonds. The second kappa shape index (κ2) is 5.09. The molecular weight excluding hydrogens is 295 g/mol. The number of aromatic nitrogens is 2. The summed E-state index contributed by atoms with van der Waals surface area (Å²) in [5, 5.41) is -0.214. The van der Waals surface area contributed by atoms with Gasteiger partial charge in [-0.15, -0.1) is 0 Å². The summed E-state index contributed by atoms with van der Waals surface area (Å²) in [5.41, 5.74) is 4.88. The van der Waals surface area contributed by atoms with Gasteiger partial charge in [0.2, 0.25) is 0 Å². The maximum atomic E-state index is 12.5. The van der Waals surface area contributed by atoms with Crippen LogP contribution in [0.25, 0.3) is 11.4 Å². The maximum Gasteiger partial charge on any atom is 0.417 e. The van der Waals surface area contributed by atoms with Gasteiger partial charge in [0.15, 0.2) is 6.29 Å². The number of halogens is 4. The van der Waals surface area contributed by atoms with E-state index >= 15 is 0 Å². The number of pyridine rings is 2. The molecule has 0 atom stereocenters. The molecule has 2 aromatic heterocycles. The van der Waals surface area contributed by atoms with Gasteiger partial charge in [0.05, 0.1) is 22.0 Å². The molecule has 2 rings (SSSR count). The third kappa shape index (κ3) is 2.72. The minimum atomic E-state index is -4.53. The lowest BCUT2D eigenvalue weighted by atomic mass is 10.2. The quantitative estimate of drug-likeness (QED) is 0.865. The zero-order chi connectivity index (χ0) is 14.9. The molecule has 2 heterocycles. The first kappa shape index (κ1) is 14.3. The number of carbonyl (C=O) groups is 1. The second-order valence-electron chi connectivity index (χ2n) is 3.84. The van der Waals surface area contributed by atoms with E-state index in [2.05, 4.69) is 9.97 Å². The molecule has 0 saturated heterocycles. The molecule has 0 unspecified atom stereocenters. The number of alkyl halides is 3. The van der Waals surface area contributed by atoms with Crippen molar-refractivity contribution in [2.45, 2.75) is 6.18 Å². The minimum absolute atomic E-state index is 0.0275. The number of hydrogen-bond acceptors (Lipinski definition) is 4. The largest absolute Gasteiger partial charge is 0.417 e. The van der Waals surface area contributed by atoms with E-state index in [1.165, 1.54) is 12.1 Å². The minimum Gasteiger partial charge on any atom is -0.397 e. The lowest BCUT2D eigenvalue weighted by Crippen LogP contribution is -2.06. The molecule has 0 aliphatic carbocycles. The summed E-state index contributed by atoms with van der Waals surface area (Å²) in [6.45, 7) is 0. The van der Waals surface area contributed by atoms with E-state index in [9.17, 15) is 18.0 Å². The van der Waals surface area contributed by atoms with Gasteiger partial charge in [-0.25, -0.2) is 4.98 Å². The van der Waals surface area contributed by atoms with E-state index in [0.29, 0.717) is 12.5 Å². The molecule has 0 aromatic carbocycles. The second-order valence-corrected chi connectivity index (χ2v) is 4.25. The van der Waals surface area contributed by atoms with E-state index in [1.54, 1.807) is 0 Å². The Bertz CT molecular complexity index is 673. The number of rotatable bonds is 2. The van der Waals surface area contributed by atoms with Gasteiger partial charge in [0.1, 0.15) is 11.4 Å². The predicted molar refractivity (Wildman–Crippen MR) is 67.3 cm³/mol. The number of carbonyl (C=O) groups excluding carboxylic acids is 1. The SMILES string of the molecule is Nc1ccc(-c2ncc(C(F)(F)F)cc2Cl)nc1C=O. The van der Waals surface area contributed by atoms with Gasteiger partial charge in [-0.05, 0) is 18.2 Å². The maximum absolute atomic E-state index is 12.5. The third-order valence-electron chi connectivity index (χ3n) is 2.48. The van der Waals surface area contributed by atoms with Crippen molar-refractivity contribution < 1.29 is 18.0 Å². The fourth-order valence-electron chi connectivity index (χ4n) is 1.49. The van der Waals surface area contributed by atoms with E-state index in [4.69, 9.17) is 17.3 Å². The highest BCUT2D eigenvalue weighted by Gasteiger charge is 2.31. The fraction of sp³-hybridized carbons (Fsp3) is 0.0833. The Morgan fingerprint density at radius 1 is 1.30 bits per heavy atom. The number of nitrogens with zero attached hydrogens (tertiary/aromatic N) is 2. The first-order valence-corrected chi connectivity index (χ1v) is 5.65. The molecule has 0 radical (unpaired) electrons. The summed E-state index contributed by atoms with van der Waals surface area (Å²) in [4.78, 5) is 18.3. The van der Waals surface area contributed by atoms with Crippen LogP contribution in [0.1, 0.15) is 16.1 Å². The number of nitrogen functional groups attached to an aromatic ring is 1.